The molecule has 1 aromatic rings. The minimum Gasteiger partial charge on any atom is -0.382 e. The summed E-state index contributed by atoms with van der Waals surface area (Å²) in [6.07, 6.45) is -1.94. The van der Waals surface area contributed by atoms with Crippen molar-refractivity contribution in [3.63, 3.8) is 0 Å². The number of alkyl halides is 3. The van der Waals surface area contributed by atoms with Gasteiger partial charge in [-0.3, -0.25) is 0 Å². The second kappa shape index (κ2) is 6.13. The molecule has 0 unspecified atom stereocenters. The van der Waals surface area contributed by atoms with Gasteiger partial charge in [-0.05, 0) is 37.0 Å². The third kappa shape index (κ3) is 4.69. The van der Waals surface area contributed by atoms with Crippen LogP contribution in [0.15, 0.2) is 22.7 Å². The molecule has 1 N–H and O–H groups in total. The van der Waals surface area contributed by atoms with E-state index < -0.39 is 11.7 Å². The van der Waals surface area contributed by atoms with Crippen molar-refractivity contribution in [2.75, 3.05) is 25.1 Å². The SMILES string of the molecule is FC(F)(F)c1ccc(Br)cc1NCCOCC1CC1. The van der Waals surface area contributed by atoms with Crippen LogP contribution in [0.2, 0.25) is 0 Å². The number of nitrogens with one attached hydrogen (secondary N) is 1. The molecular formula is C13H15BrF3NO. The summed E-state index contributed by atoms with van der Waals surface area (Å²) in [5, 5.41) is 2.78. The van der Waals surface area contributed by atoms with Gasteiger partial charge in [0.25, 0.3) is 0 Å². The van der Waals surface area contributed by atoms with Gasteiger partial charge < -0.3 is 10.1 Å². The molecule has 0 aliphatic heterocycles. The molecule has 0 spiro atoms. The van der Waals surface area contributed by atoms with Crippen molar-refractivity contribution >= 4 is 21.6 Å². The van der Waals surface area contributed by atoms with E-state index in [1.807, 2.05) is 0 Å². The van der Waals surface area contributed by atoms with Crippen LogP contribution in [0.5, 0.6) is 0 Å². The number of rotatable bonds is 6. The maximum Gasteiger partial charge on any atom is 0.418 e. The number of benzene rings is 1. The highest BCUT2D eigenvalue weighted by Crippen LogP contribution is 2.36. The largest absolute Gasteiger partial charge is 0.418 e. The number of anilines is 1. The molecule has 0 radical (unpaired) electrons. The Morgan fingerprint density at radius 3 is 2.68 bits per heavy atom. The van der Waals surface area contributed by atoms with E-state index in [-0.39, 0.29) is 5.69 Å². The second-order valence-electron chi connectivity index (χ2n) is 4.63. The fourth-order valence-electron chi connectivity index (χ4n) is 1.70. The molecule has 0 aromatic heterocycles. The average molecular weight is 338 g/mol. The Morgan fingerprint density at radius 2 is 2.05 bits per heavy atom. The van der Waals surface area contributed by atoms with Crippen molar-refractivity contribution in [2.24, 2.45) is 5.92 Å². The zero-order valence-corrected chi connectivity index (χ0v) is 11.9. The van der Waals surface area contributed by atoms with Crippen LogP contribution in [0.1, 0.15) is 18.4 Å². The minimum atomic E-state index is -4.35. The molecule has 0 amide bonds. The molecule has 1 saturated carbocycles. The maximum atomic E-state index is 12.8. The first-order valence-electron chi connectivity index (χ1n) is 6.15. The number of hydrogen-bond acceptors (Lipinski definition) is 2. The van der Waals surface area contributed by atoms with Gasteiger partial charge in [0.1, 0.15) is 0 Å². The van der Waals surface area contributed by atoms with Gasteiger partial charge in [-0.25, -0.2) is 0 Å². The topological polar surface area (TPSA) is 21.3 Å². The van der Waals surface area contributed by atoms with Crippen LogP contribution in [0.25, 0.3) is 0 Å². The monoisotopic (exact) mass is 337 g/mol. The lowest BCUT2D eigenvalue weighted by atomic mass is 10.1. The lowest BCUT2D eigenvalue weighted by molar-refractivity contribution is -0.137. The summed E-state index contributed by atoms with van der Waals surface area (Å²) in [4.78, 5) is 0. The second-order valence-corrected chi connectivity index (χ2v) is 5.55. The first kappa shape index (κ1) is 14.7. The van der Waals surface area contributed by atoms with Gasteiger partial charge in [-0.1, -0.05) is 15.9 Å². The predicted octanol–water partition coefficient (Wildman–Crippen LogP) is 4.31. The molecule has 0 atom stereocenters. The zero-order valence-electron chi connectivity index (χ0n) is 10.3. The summed E-state index contributed by atoms with van der Waals surface area (Å²) in [7, 11) is 0. The summed E-state index contributed by atoms with van der Waals surface area (Å²) in [6.45, 7) is 1.50. The Kier molecular flexibility index (Phi) is 4.73. The van der Waals surface area contributed by atoms with Gasteiger partial charge in [0.05, 0.1) is 12.2 Å². The zero-order chi connectivity index (χ0) is 13.9. The summed E-state index contributed by atoms with van der Waals surface area (Å²) >= 11 is 3.17. The summed E-state index contributed by atoms with van der Waals surface area (Å²) < 4.78 is 44.3. The van der Waals surface area contributed by atoms with Crippen LogP contribution in [0.3, 0.4) is 0 Å². The van der Waals surface area contributed by atoms with E-state index >= 15 is 0 Å². The van der Waals surface area contributed by atoms with Crippen molar-refractivity contribution in [3.05, 3.63) is 28.2 Å². The maximum absolute atomic E-state index is 12.8. The van der Waals surface area contributed by atoms with Crippen LogP contribution in [-0.2, 0) is 10.9 Å². The van der Waals surface area contributed by atoms with Gasteiger partial charge >= 0.3 is 6.18 Å². The third-order valence-corrected chi connectivity index (χ3v) is 3.39. The highest BCUT2D eigenvalue weighted by Gasteiger charge is 2.33. The van der Waals surface area contributed by atoms with Gasteiger partial charge in [-0.15, -0.1) is 0 Å². The van der Waals surface area contributed by atoms with E-state index in [4.69, 9.17) is 4.74 Å². The molecule has 0 bridgehead atoms. The first-order valence-corrected chi connectivity index (χ1v) is 6.94. The van der Waals surface area contributed by atoms with E-state index in [0.29, 0.717) is 30.1 Å². The Hall–Kier alpha value is -0.750. The molecule has 1 aliphatic carbocycles. The number of ether oxygens (including phenoxy) is 1. The van der Waals surface area contributed by atoms with Crippen molar-refractivity contribution in [1.29, 1.82) is 0 Å². The normalized spacial score (nSPS) is 15.6. The van der Waals surface area contributed by atoms with Crippen LogP contribution >= 0.6 is 15.9 Å². The average Bonchev–Trinajstić information content (AvgIpc) is 3.11. The van der Waals surface area contributed by atoms with E-state index in [1.165, 1.54) is 25.0 Å². The van der Waals surface area contributed by atoms with Gasteiger partial charge in [0.15, 0.2) is 0 Å². The van der Waals surface area contributed by atoms with Gasteiger partial charge in [-0.2, -0.15) is 13.2 Å². The molecule has 19 heavy (non-hydrogen) atoms. The molecular weight excluding hydrogens is 323 g/mol. The first-order chi connectivity index (χ1) is 8.97. The summed E-state index contributed by atoms with van der Waals surface area (Å²) in [6, 6.07) is 3.89. The number of hydrogen-bond donors (Lipinski definition) is 1. The predicted molar refractivity (Wildman–Crippen MR) is 71.2 cm³/mol. The molecule has 1 aromatic carbocycles. The van der Waals surface area contributed by atoms with E-state index in [0.717, 1.165) is 6.07 Å². The molecule has 1 fully saturated rings. The molecule has 2 nitrogen and oxygen atoms in total. The third-order valence-electron chi connectivity index (χ3n) is 2.90. The van der Waals surface area contributed by atoms with Crippen LogP contribution in [0.4, 0.5) is 18.9 Å². The highest BCUT2D eigenvalue weighted by atomic mass is 79.9. The van der Waals surface area contributed by atoms with Crippen LogP contribution in [0, 0.1) is 5.92 Å². The van der Waals surface area contributed by atoms with Gasteiger partial charge in [0, 0.05) is 23.3 Å². The summed E-state index contributed by atoms with van der Waals surface area (Å²) in [5.74, 6) is 0.664. The standard InChI is InChI=1S/C13H15BrF3NO/c14-10-3-4-11(13(15,16)17)12(7-10)18-5-6-19-8-9-1-2-9/h3-4,7,9,18H,1-2,5-6,8H2. The van der Waals surface area contributed by atoms with Crippen molar-refractivity contribution < 1.29 is 17.9 Å². The molecule has 106 valence electrons. The molecule has 2 rings (SSSR count). The minimum absolute atomic E-state index is 0.0805. The summed E-state index contributed by atoms with van der Waals surface area (Å²) in [5.41, 5.74) is -0.574. The fraction of sp³-hybridized carbons (Fsp3) is 0.538. The Bertz CT molecular complexity index is 432. The Balaban J connectivity index is 1.88. The van der Waals surface area contributed by atoms with E-state index in [2.05, 4.69) is 21.2 Å². The molecule has 0 heterocycles. The van der Waals surface area contributed by atoms with E-state index in [9.17, 15) is 13.2 Å². The molecule has 1 aliphatic rings. The van der Waals surface area contributed by atoms with Crippen LogP contribution < -0.4 is 5.32 Å². The van der Waals surface area contributed by atoms with Crippen molar-refractivity contribution in [3.8, 4) is 0 Å². The highest BCUT2D eigenvalue weighted by molar-refractivity contribution is 9.10. The smallest absolute Gasteiger partial charge is 0.382 e. The number of halogens is 4. The Labute approximate surface area is 118 Å². The van der Waals surface area contributed by atoms with Crippen LogP contribution in [-0.4, -0.2) is 19.8 Å². The van der Waals surface area contributed by atoms with Crippen molar-refractivity contribution in [1.82, 2.24) is 0 Å². The fourth-order valence-corrected chi connectivity index (χ4v) is 2.06. The lowest BCUT2D eigenvalue weighted by Crippen LogP contribution is -2.15. The molecule has 6 heteroatoms. The van der Waals surface area contributed by atoms with E-state index in [1.54, 1.807) is 0 Å². The molecule has 0 saturated heterocycles. The Morgan fingerprint density at radius 1 is 1.32 bits per heavy atom. The lowest BCUT2D eigenvalue weighted by Gasteiger charge is -2.15. The van der Waals surface area contributed by atoms with Gasteiger partial charge in [0.2, 0.25) is 0 Å². The van der Waals surface area contributed by atoms with Crippen molar-refractivity contribution in [2.45, 2.75) is 19.0 Å². The quantitative estimate of drug-likeness (QED) is 0.781.